The van der Waals surface area contributed by atoms with Gasteiger partial charge in [-0.1, -0.05) is 24.6 Å². The number of hydrogen-bond acceptors (Lipinski definition) is 7. The third-order valence-corrected chi connectivity index (χ3v) is 8.15. The first-order chi connectivity index (χ1) is 16.8. The van der Waals surface area contributed by atoms with Crippen LogP contribution in [0.25, 0.3) is 16.7 Å². The number of pyridine rings is 1. The fraction of sp³-hybridized carbons (Fsp3) is 0.480. The first-order valence-electron chi connectivity index (χ1n) is 12.2. The van der Waals surface area contributed by atoms with Crippen molar-refractivity contribution >= 4 is 32.7 Å². The SMILES string of the molecule is CS(=O)(=O)NC(=O)c1cc(N2CC3(CCOCC3)C2)c2c(C3CCC3)nn(-c3ccccc3)c2n1. The number of nitrogens with zero attached hydrogens (tertiary/aromatic N) is 4. The minimum atomic E-state index is -3.73. The van der Waals surface area contributed by atoms with Crippen molar-refractivity contribution in [2.75, 3.05) is 37.5 Å². The van der Waals surface area contributed by atoms with Crippen LogP contribution in [-0.2, 0) is 14.8 Å². The Morgan fingerprint density at radius 2 is 1.86 bits per heavy atom. The number of fused-ring (bicyclic) bond motifs is 1. The number of nitrogens with one attached hydrogen (secondary N) is 1. The van der Waals surface area contributed by atoms with Gasteiger partial charge in [0.1, 0.15) is 5.69 Å². The van der Waals surface area contributed by atoms with Gasteiger partial charge in [-0.3, -0.25) is 4.79 Å². The Kier molecular flexibility index (Phi) is 5.33. The third-order valence-electron chi connectivity index (χ3n) is 7.59. The summed E-state index contributed by atoms with van der Waals surface area (Å²) in [5, 5.41) is 5.99. The van der Waals surface area contributed by atoms with E-state index in [0.29, 0.717) is 11.6 Å². The van der Waals surface area contributed by atoms with Crippen LogP contribution < -0.4 is 9.62 Å². The Morgan fingerprint density at radius 1 is 1.14 bits per heavy atom. The standard InChI is InChI=1S/C25H29N5O4S/c1-35(32,33)28-24(31)19-14-20(29-15-25(16-29)10-12-34-13-11-25)21-22(17-6-5-7-17)27-30(23(21)26-19)18-8-3-2-4-9-18/h2-4,8-9,14,17H,5-7,10-13,15-16H2,1H3,(H,28,31). The van der Waals surface area contributed by atoms with E-state index in [1.165, 1.54) is 6.42 Å². The summed E-state index contributed by atoms with van der Waals surface area (Å²) in [4.78, 5) is 19.9. The lowest BCUT2D eigenvalue weighted by Gasteiger charge is -2.53. The molecule has 3 aliphatic rings. The van der Waals surface area contributed by atoms with E-state index in [0.717, 1.165) is 80.7 Å². The molecule has 9 nitrogen and oxygen atoms in total. The lowest BCUT2D eigenvalue weighted by atomic mass is 9.73. The molecule has 0 atom stereocenters. The molecule has 1 spiro atoms. The Hall–Kier alpha value is -2.98. The summed E-state index contributed by atoms with van der Waals surface area (Å²) < 4.78 is 33.0. The Morgan fingerprint density at radius 3 is 2.49 bits per heavy atom. The first-order valence-corrected chi connectivity index (χ1v) is 14.1. The molecule has 3 aromatic rings. The molecule has 2 saturated heterocycles. The van der Waals surface area contributed by atoms with E-state index in [9.17, 15) is 13.2 Å². The maximum Gasteiger partial charge on any atom is 0.283 e. The number of aromatic nitrogens is 3. The van der Waals surface area contributed by atoms with E-state index in [2.05, 4.69) is 14.6 Å². The predicted molar refractivity (Wildman–Crippen MR) is 132 cm³/mol. The zero-order chi connectivity index (χ0) is 24.2. The topological polar surface area (TPSA) is 106 Å². The quantitative estimate of drug-likeness (QED) is 0.580. The van der Waals surface area contributed by atoms with E-state index in [1.807, 2.05) is 30.3 Å². The van der Waals surface area contributed by atoms with Gasteiger partial charge in [0.15, 0.2) is 5.65 Å². The zero-order valence-electron chi connectivity index (χ0n) is 19.7. The van der Waals surface area contributed by atoms with Gasteiger partial charge in [0, 0.05) is 37.6 Å². The van der Waals surface area contributed by atoms with Crippen molar-refractivity contribution in [3.8, 4) is 5.69 Å². The van der Waals surface area contributed by atoms with Gasteiger partial charge >= 0.3 is 0 Å². The highest BCUT2D eigenvalue weighted by Gasteiger charge is 2.45. The van der Waals surface area contributed by atoms with Crippen LogP contribution in [0.2, 0.25) is 0 Å². The minimum absolute atomic E-state index is 0.0723. The zero-order valence-corrected chi connectivity index (χ0v) is 20.6. The minimum Gasteiger partial charge on any atom is -0.381 e. The van der Waals surface area contributed by atoms with E-state index >= 15 is 0 Å². The summed E-state index contributed by atoms with van der Waals surface area (Å²) in [6.07, 6.45) is 6.36. The molecule has 1 amide bonds. The third kappa shape index (κ3) is 4.08. The number of rotatable bonds is 5. The van der Waals surface area contributed by atoms with Crippen molar-refractivity contribution in [3.05, 3.63) is 47.8 Å². The molecule has 4 heterocycles. The molecule has 184 valence electrons. The lowest BCUT2D eigenvalue weighted by molar-refractivity contribution is -0.000109. The van der Waals surface area contributed by atoms with Crippen LogP contribution >= 0.6 is 0 Å². The van der Waals surface area contributed by atoms with Crippen LogP contribution in [0.5, 0.6) is 0 Å². The van der Waals surface area contributed by atoms with Gasteiger partial charge < -0.3 is 9.64 Å². The maximum atomic E-state index is 12.9. The molecule has 6 rings (SSSR count). The van der Waals surface area contributed by atoms with Crippen molar-refractivity contribution < 1.29 is 17.9 Å². The molecule has 2 aliphatic heterocycles. The number of ether oxygens (including phenoxy) is 1. The van der Waals surface area contributed by atoms with E-state index in [1.54, 1.807) is 10.7 Å². The second-order valence-corrected chi connectivity index (χ2v) is 11.9. The van der Waals surface area contributed by atoms with Gasteiger partial charge in [-0.15, -0.1) is 0 Å². The normalized spacial score (nSPS) is 20.0. The van der Waals surface area contributed by atoms with Crippen LogP contribution in [0.4, 0.5) is 5.69 Å². The fourth-order valence-corrected chi connectivity index (χ4v) is 5.92. The number of carbonyl (C=O) groups is 1. The fourth-order valence-electron chi connectivity index (χ4n) is 5.48. The molecule has 0 radical (unpaired) electrons. The van der Waals surface area contributed by atoms with E-state index in [4.69, 9.17) is 9.84 Å². The molecule has 0 unspecified atom stereocenters. The van der Waals surface area contributed by atoms with E-state index in [-0.39, 0.29) is 11.1 Å². The monoisotopic (exact) mass is 495 g/mol. The van der Waals surface area contributed by atoms with Crippen molar-refractivity contribution in [1.29, 1.82) is 0 Å². The summed E-state index contributed by atoms with van der Waals surface area (Å²) >= 11 is 0. The second kappa shape index (κ2) is 8.30. The van der Waals surface area contributed by atoms with Crippen molar-refractivity contribution in [2.24, 2.45) is 5.41 Å². The van der Waals surface area contributed by atoms with Crippen molar-refractivity contribution in [2.45, 2.75) is 38.0 Å². The van der Waals surface area contributed by atoms with Gasteiger partial charge in [0.25, 0.3) is 5.91 Å². The number of benzene rings is 1. The summed E-state index contributed by atoms with van der Waals surface area (Å²) in [5.41, 5.74) is 3.67. The molecule has 35 heavy (non-hydrogen) atoms. The first kappa shape index (κ1) is 22.5. The summed E-state index contributed by atoms with van der Waals surface area (Å²) in [6, 6.07) is 11.5. The molecular weight excluding hydrogens is 466 g/mol. The summed E-state index contributed by atoms with van der Waals surface area (Å²) in [7, 11) is -3.73. The molecule has 1 aliphatic carbocycles. The van der Waals surface area contributed by atoms with Crippen LogP contribution in [0.15, 0.2) is 36.4 Å². The summed E-state index contributed by atoms with van der Waals surface area (Å²) in [5.74, 6) is -0.375. The number of carbonyl (C=O) groups excluding carboxylic acids is 1. The molecule has 10 heteroatoms. The molecule has 1 saturated carbocycles. The molecule has 3 fully saturated rings. The molecule has 0 bridgehead atoms. The summed E-state index contributed by atoms with van der Waals surface area (Å²) in [6.45, 7) is 3.31. The highest BCUT2D eigenvalue weighted by atomic mass is 32.2. The largest absolute Gasteiger partial charge is 0.381 e. The van der Waals surface area contributed by atoms with Gasteiger partial charge in [-0.05, 0) is 43.9 Å². The van der Waals surface area contributed by atoms with Crippen LogP contribution in [-0.4, -0.2) is 61.6 Å². The van der Waals surface area contributed by atoms with Gasteiger partial charge in [-0.25, -0.2) is 22.8 Å². The second-order valence-electron chi connectivity index (χ2n) is 10.2. The Labute approximate surface area is 204 Å². The van der Waals surface area contributed by atoms with E-state index < -0.39 is 15.9 Å². The Balaban J connectivity index is 1.52. The van der Waals surface area contributed by atoms with Crippen LogP contribution in [0.3, 0.4) is 0 Å². The number of amides is 1. The number of para-hydroxylation sites is 1. The van der Waals surface area contributed by atoms with Gasteiger partial charge in [-0.2, -0.15) is 5.10 Å². The molecular formula is C25H29N5O4S. The van der Waals surface area contributed by atoms with Crippen molar-refractivity contribution in [3.63, 3.8) is 0 Å². The highest BCUT2D eigenvalue weighted by Crippen LogP contribution is 2.47. The van der Waals surface area contributed by atoms with Gasteiger partial charge in [0.05, 0.1) is 28.7 Å². The number of anilines is 1. The molecule has 1 N–H and O–H groups in total. The van der Waals surface area contributed by atoms with Crippen LogP contribution in [0.1, 0.15) is 54.2 Å². The Bertz CT molecular complexity index is 1380. The highest BCUT2D eigenvalue weighted by molar-refractivity contribution is 7.89. The smallest absolute Gasteiger partial charge is 0.283 e. The lowest BCUT2D eigenvalue weighted by Crippen LogP contribution is -2.58. The average Bonchev–Trinajstić information content (AvgIpc) is 3.15. The number of sulfonamides is 1. The van der Waals surface area contributed by atoms with Crippen molar-refractivity contribution in [1.82, 2.24) is 19.5 Å². The number of hydrogen-bond donors (Lipinski definition) is 1. The maximum absolute atomic E-state index is 12.9. The molecule has 2 aromatic heterocycles. The predicted octanol–water partition coefficient (Wildman–Crippen LogP) is 2.99. The van der Waals surface area contributed by atoms with Gasteiger partial charge in [0.2, 0.25) is 10.0 Å². The average molecular weight is 496 g/mol. The van der Waals surface area contributed by atoms with Crippen LogP contribution in [0, 0.1) is 5.41 Å². The molecule has 1 aromatic carbocycles.